The summed E-state index contributed by atoms with van der Waals surface area (Å²) in [5, 5.41) is 17.6. The Hall–Kier alpha value is -1.36. The Morgan fingerprint density at radius 1 is 1.38 bits per heavy atom. The molecule has 2 rings (SSSR count). The van der Waals surface area contributed by atoms with E-state index < -0.39 is 0 Å². The molecule has 0 aliphatic rings. The minimum Gasteiger partial charge on any atom is -0.505 e. The van der Waals surface area contributed by atoms with Crippen LogP contribution in [0, 0.1) is 0 Å². The van der Waals surface area contributed by atoms with Crippen molar-refractivity contribution in [3.8, 4) is 5.75 Å². The van der Waals surface area contributed by atoms with Gasteiger partial charge in [0, 0.05) is 6.07 Å². The van der Waals surface area contributed by atoms with E-state index in [0.717, 1.165) is 5.52 Å². The van der Waals surface area contributed by atoms with Crippen molar-refractivity contribution in [1.29, 1.82) is 0 Å². The molecule has 4 nitrogen and oxygen atoms in total. The fourth-order valence-corrected chi connectivity index (χ4v) is 1.50. The van der Waals surface area contributed by atoms with Gasteiger partial charge in [0.1, 0.15) is 16.3 Å². The van der Waals surface area contributed by atoms with Crippen LogP contribution in [-0.4, -0.2) is 26.5 Å². The Labute approximate surface area is 79.0 Å². The highest BCUT2D eigenvalue weighted by Crippen LogP contribution is 2.26. The first-order chi connectivity index (χ1) is 6.31. The standard InChI is InChI=1S/C8H7N3OS/c1-13-8-7(12)4-6-5(10-8)2-3-9-11-6/h2-4,12H,1H3. The highest BCUT2D eigenvalue weighted by atomic mass is 32.2. The van der Waals surface area contributed by atoms with Gasteiger partial charge in [-0.15, -0.1) is 16.9 Å². The average molecular weight is 193 g/mol. The van der Waals surface area contributed by atoms with Crippen molar-refractivity contribution in [2.24, 2.45) is 0 Å². The van der Waals surface area contributed by atoms with Gasteiger partial charge in [-0.3, -0.25) is 0 Å². The maximum absolute atomic E-state index is 9.46. The normalized spacial score (nSPS) is 10.5. The van der Waals surface area contributed by atoms with Crippen LogP contribution in [0.4, 0.5) is 0 Å². The topological polar surface area (TPSA) is 58.9 Å². The van der Waals surface area contributed by atoms with Crippen molar-refractivity contribution < 1.29 is 5.11 Å². The van der Waals surface area contributed by atoms with Crippen LogP contribution in [0.15, 0.2) is 23.4 Å². The molecule has 0 atom stereocenters. The molecule has 0 unspecified atom stereocenters. The van der Waals surface area contributed by atoms with E-state index in [0.29, 0.717) is 10.5 Å². The second-order valence-electron chi connectivity index (χ2n) is 2.45. The summed E-state index contributed by atoms with van der Waals surface area (Å²) in [7, 11) is 0. The Balaban J connectivity index is 2.74. The maximum atomic E-state index is 9.46. The number of rotatable bonds is 1. The van der Waals surface area contributed by atoms with Crippen LogP contribution in [0.1, 0.15) is 0 Å². The molecule has 2 aromatic rings. The minimum atomic E-state index is 0.153. The molecule has 0 amide bonds. The van der Waals surface area contributed by atoms with Crippen LogP contribution in [0.25, 0.3) is 11.0 Å². The fraction of sp³-hybridized carbons (Fsp3) is 0.125. The van der Waals surface area contributed by atoms with E-state index in [9.17, 15) is 5.11 Å². The van der Waals surface area contributed by atoms with Crippen LogP contribution >= 0.6 is 11.8 Å². The summed E-state index contributed by atoms with van der Waals surface area (Å²) < 4.78 is 0. The number of thioether (sulfide) groups is 1. The third kappa shape index (κ3) is 1.42. The molecule has 0 bridgehead atoms. The summed E-state index contributed by atoms with van der Waals surface area (Å²) in [6.45, 7) is 0. The van der Waals surface area contributed by atoms with Crippen LogP contribution in [0.5, 0.6) is 5.75 Å². The molecule has 66 valence electrons. The van der Waals surface area contributed by atoms with Gasteiger partial charge in [0.25, 0.3) is 0 Å². The Bertz CT molecular complexity index is 446. The fourth-order valence-electron chi connectivity index (χ4n) is 1.04. The molecule has 0 radical (unpaired) electrons. The van der Waals surface area contributed by atoms with Crippen molar-refractivity contribution in [2.75, 3.05) is 6.26 Å². The molecule has 0 aromatic carbocycles. The van der Waals surface area contributed by atoms with Gasteiger partial charge in [-0.1, -0.05) is 0 Å². The molecular formula is C8H7N3OS. The zero-order chi connectivity index (χ0) is 9.26. The van der Waals surface area contributed by atoms with Gasteiger partial charge in [0.2, 0.25) is 0 Å². The van der Waals surface area contributed by atoms with Crippen LogP contribution in [0.2, 0.25) is 0 Å². The lowest BCUT2D eigenvalue weighted by atomic mass is 10.3. The summed E-state index contributed by atoms with van der Waals surface area (Å²) in [6.07, 6.45) is 3.44. The van der Waals surface area contributed by atoms with E-state index in [2.05, 4.69) is 15.2 Å². The van der Waals surface area contributed by atoms with Crippen molar-refractivity contribution in [3.63, 3.8) is 0 Å². The maximum Gasteiger partial charge on any atom is 0.150 e. The van der Waals surface area contributed by atoms with Gasteiger partial charge in [0.15, 0.2) is 0 Å². The van der Waals surface area contributed by atoms with E-state index in [1.54, 1.807) is 18.3 Å². The molecule has 2 heterocycles. The van der Waals surface area contributed by atoms with Gasteiger partial charge in [-0.2, -0.15) is 5.10 Å². The largest absolute Gasteiger partial charge is 0.505 e. The molecule has 2 aromatic heterocycles. The van der Waals surface area contributed by atoms with E-state index >= 15 is 0 Å². The lowest BCUT2D eigenvalue weighted by molar-refractivity contribution is 0.458. The average Bonchev–Trinajstić information content (AvgIpc) is 2.17. The zero-order valence-corrected chi connectivity index (χ0v) is 7.75. The number of hydrogen-bond acceptors (Lipinski definition) is 5. The second-order valence-corrected chi connectivity index (χ2v) is 3.25. The quantitative estimate of drug-likeness (QED) is 0.695. The first-order valence-corrected chi connectivity index (χ1v) is 4.89. The smallest absolute Gasteiger partial charge is 0.150 e. The third-order valence-corrected chi connectivity index (χ3v) is 2.32. The molecule has 5 heteroatoms. The summed E-state index contributed by atoms with van der Waals surface area (Å²) in [6, 6.07) is 3.34. The van der Waals surface area contributed by atoms with Crippen molar-refractivity contribution in [2.45, 2.75) is 5.03 Å². The highest BCUT2D eigenvalue weighted by Gasteiger charge is 2.04. The van der Waals surface area contributed by atoms with E-state index in [1.165, 1.54) is 11.8 Å². The molecule has 0 spiro atoms. The SMILES string of the molecule is CSc1nc2ccnnc2cc1O. The molecule has 13 heavy (non-hydrogen) atoms. The predicted octanol–water partition coefficient (Wildman–Crippen LogP) is 1.45. The number of aromatic nitrogens is 3. The van der Waals surface area contributed by atoms with Crippen LogP contribution in [0.3, 0.4) is 0 Å². The molecule has 0 saturated heterocycles. The van der Waals surface area contributed by atoms with E-state index in [-0.39, 0.29) is 5.75 Å². The Morgan fingerprint density at radius 2 is 2.23 bits per heavy atom. The highest BCUT2D eigenvalue weighted by molar-refractivity contribution is 7.98. The van der Waals surface area contributed by atoms with Gasteiger partial charge < -0.3 is 5.11 Å². The summed E-state index contributed by atoms with van der Waals surface area (Å²) >= 11 is 1.40. The summed E-state index contributed by atoms with van der Waals surface area (Å²) in [5.41, 5.74) is 1.36. The molecule has 0 fully saturated rings. The van der Waals surface area contributed by atoms with Gasteiger partial charge in [-0.25, -0.2) is 4.98 Å². The van der Waals surface area contributed by atoms with Crippen molar-refractivity contribution in [1.82, 2.24) is 15.2 Å². The molecule has 0 saturated carbocycles. The summed E-state index contributed by atoms with van der Waals surface area (Å²) in [4.78, 5) is 4.20. The number of hydrogen-bond donors (Lipinski definition) is 1. The van der Waals surface area contributed by atoms with Crippen molar-refractivity contribution in [3.05, 3.63) is 18.3 Å². The summed E-state index contributed by atoms with van der Waals surface area (Å²) in [5.74, 6) is 0.153. The zero-order valence-electron chi connectivity index (χ0n) is 6.93. The number of nitrogens with zero attached hydrogens (tertiary/aromatic N) is 3. The Kier molecular flexibility index (Phi) is 2.02. The van der Waals surface area contributed by atoms with Gasteiger partial charge in [0.05, 0.1) is 11.7 Å². The monoisotopic (exact) mass is 193 g/mol. The predicted molar refractivity (Wildman–Crippen MR) is 50.8 cm³/mol. The third-order valence-electron chi connectivity index (χ3n) is 1.63. The lowest BCUT2D eigenvalue weighted by Crippen LogP contribution is -1.87. The van der Waals surface area contributed by atoms with E-state index in [1.807, 2.05) is 6.26 Å². The van der Waals surface area contributed by atoms with Gasteiger partial charge in [-0.05, 0) is 12.3 Å². The first-order valence-electron chi connectivity index (χ1n) is 3.66. The van der Waals surface area contributed by atoms with E-state index in [4.69, 9.17) is 0 Å². The number of aromatic hydroxyl groups is 1. The molecule has 0 aliphatic carbocycles. The molecular weight excluding hydrogens is 186 g/mol. The number of fused-ring (bicyclic) bond motifs is 1. The van der Waals surface area contributed by atoms with Crippen molar-refractivity contribution >= 4 is 22.8 Å². The first kappa shape index (κ1) is 8.25. The minimum absolute atomic E-state index is 0.153. The lowest BCUT2D eigenvalue weighted by Gasteiger charge is -2.00. The van der Waals surface area contributed by atoms with Crippen LogP contribution < -0.4 is 0 Å². The van der Waals surface area contributed by atoms with Crippen LogP contribution in [-0.2, 0) is 0 Å². The second kappa shape index (κ2) is 3.18. The number of pyridine rings is 1. The Morgan fingerprint density at radius 3 is 3.00 bits per heavy atom. The molecule has 0 aliphatic heterocycles. The van der Waals surface area contributed by atoms with Gasteiger partial charge >= 0.3 is 0 Å². The molecule has 1 N–H and O–H groups in total.